The molecule has 1 N–H and O–H groups in total. The van der Waals surface area contributed by atoms with Crippen LogP contribution in [0.2, 0.25) is 0 Å². The molecule has 3 aliphatic carbocycles. The minimum absolute atomic E-state index is 0.289. The number of phenols is 1. The zero-order valence-corrected chi connectivity index (χ0v) is 14.5. The third-order valence-corrected chi connectivity index (χ3v) is 7.15. The smallest absolute Gasteiger partial charge is 0.237 e. The van der Waals surface area contributed by atoms with Gasteiger partial charge in [-0.1, -0.05) is 13.0 Å². The Morgan fingerprint density at radius 3 is 3.00 bits per heavy atom. The summed E-state index contributed by atoms with van der Waals surface area (Å²) < 4.78 is 6.13. The van der Waals surface area contributed by atoms with Crippen molar-refractivity contribution in [1.82, 2.24) is 0 Å². The lowest BCUT2D eigenvalue weighted by molar-refractivity contribution is -0.0604. The van der Waals surface area contributed by atoms with Crippen molar-refractivity contribution in [1.29, 1.82) is 0 Å². The molecule has 3 heteroatoms. The second-order valence-corrected chi connectivity index (χ2v) is 8.16. The summed E-state index contributed by atoms with van der Waals surface area (Å²) in [6.45, 7) is 10.5. The van der Waals surface area contributed by atoms with E-state index in [0.29, 0.717) is 30.9 Å². The second kappa shape index (κ2) is 6.08. The van der Waals surface area contributed by atoms with Crippen LogP contribution in [0, 0.1) is 23.8 Å². The van der Waals surface area contributed by atoms with Gasteiger partial charge in [0.25, 0.3) is 0 Å². The van der Waals surface area contributed by atoms with Gasteiger partial charge < -0.3 is 14.7 Å². The Balaban J connectivity index is 1.56. The van der Waals surface area contributed by atoms with Crippen molar-refractivity contribution in [2.45, 2.75) is 57.5 Å². The number of fused-ring (bicyclic) bond motifs is 5. The first kappa shape index (κ1) is 16.0. The van der Waals surface area contributed by atoms with Crippen LogP contribution >= 0.6 is 0 Å². The first-order valence-electron chi connectivity index (χ1n) is 9.40. The van der Waals surface area contributed by atoms with E-state index in [-0.39, 0.29) is 5.41 Å². The highest BCUT2D eigenvalue weighted by Crippen LogP contribution is 2.61. The van der Waals surface area contributed by atoms with Crippen LogP contribution in [0.3, 0.4) is 0 Å². The number of rotatable bonds is 3. The first-order valence-corrected chi connectivity index (χ1v) is 9.40. The highest BCUT2D eigenvalue weighted by atomic mass is 16.5. The molecule has 2 fully saturated rings. The molecule has 0 aromatic heterocycles. The number of ether oxygens (including phenoxy) is 1. The van der Waals surface area contributed by atoms with E-state index in [0.717, 1.165) is 24.7 Å². The summed E-state index contributed by atoms with van der Waals surface area (Å²) in [5, 5.41) is 9.78. The largest absolute Gasteiger partial charge is 0.508 e. The summed E-state index contributed by atoms with van der Waals surface area (Å²) in [7, 11) is 0. The fraction of sp³-hybridized carbons (Fsp3) is 0.667. The Labute approximate surface area is 144 Å². The van der Waals surface area contributed by atoms with Gasteiger partial charge in [0, 0.05) is 0 Å². The van der Waals surface area contributed by atoms with E-state index in [4.69, 9.17) is 11.3 Å². The van der Waals surface area contributed by atoms with Crippen molar-refractivity contribution in [3.63, 3.8) is 0 Å². The van der Waals surface area contributed by atoms with Crippen molar-refractivity contribution in [2.75, 3.05) is 13.2 Å². The van der Waals surface area contributed by atoms with Crippen molar-refractivity contribution in [3.05, 3.63) is 40.7 Å². The first-order chi connectivity index (χ1) is 11.6. The maximum atomic E-state index is 9.78. The van der Waals surface area contributed by atoms with Crippen molar-refractivity contribution in [2.24, 2.45) is 17.3 Å². The zero-order valence-electron chi connectivity index (χ0n) is 14.5. The highest BCUT2D eigenvalue weighted by molar-refractivity contribution is 5.40. The lowest BCUT2D eigenvalue weighted by atomic mass is 9.55. The number of benzene rings is 1. The van der Waals surface area contributed by atoms with Crippen LogP contribution in [0.4, 0.5) is 0 Å². The van der Waals surface area contributed by atoms with Gasteiger partial charge in [-0.25, -0.2) is 6.57 Å². The van der Waals surface area contributed by atoms with Gasteiger partial charge in [0.15, 0.2) is 0 Å². The molecule has 5 atom stereocenters. The predicted octanol–water partition coefficient (Wildman–Crippen LogP) is 4.55. The van der Waals surface area contributed by atoms with Gasteiger partial charge in [0.2, 0.25) is 6.54 Å². The molecule has 3 aliphatic rings. The third kappa shape index (κ3) is 2.43. The van der Waals surface area contributed by atoms with Crippen molar-refractivity contribution < 1.29 is 9.84 Å². The number of aromatic hydroxyl groups is 1. The molecular weight excluding hydrogens is 298 g/mol. The summed E-state index contributed by atoms with van der Waals surface area (Å²) in [4.78, 5) is 3.43. The second-order valence-electron chi connectivity index (χ2n) is 8.16. The summed E-state index contributed by atoms with van der Waals surface area (Å²) in [5.74, 6) is 2.57. The Kier molecular flexibility index (Phi) is 4.04. The fourth-order valence-electron chi connectivity index (χ4n) is 6.04. The number of hydrogen-bond donors (Lipinski definition) is 1. The minimum atomic E-state index is 0.289. The minimum Gasteiger partial charge on any atom is -0.508 e. The molecule has 1 aromatic carbocycles. The van der Waals surface area contributed by atoms with Gasteiger partial charge >= 0.3 is 0 Å². The molecule has 0 heterocycles. The Bertz CT molecular complexity index is 664. The number of hydrogen-bond acceptors (Lipinski definition) is 2. The molecule has 4 rings (SSSR count). The molecule has 5 unspecified atom stereocenters. The monoisotopic (exact) mass is 325 g/mol. The standard InChI is InChI=1S/C21H27NO2/c1-21-10-9-17-16-6-4-15(23)13-14(16)3-5-18(17)19(21)7-8-20(21)24-12-11-22-2/h4,6,13,17-20,23H,3,5,7-12H2,1H3. The number of nitrogens with zero attached hydrogens (tertiary/aromatic N) is 1. The van der Waals surface area contributed by atoms with Gasteiger partial charge in [-0.05, 0) is 85.0 Å². The van der Waals surface area contributed by atoms with Crippen LogP contribution in [0.5, 0.6) is 5.75 Å². The average molecular weight is 325 g/mol. The molecule has 0 saturated heterocycles. The molecule has 0 radical (unpaired) electrons. The maximum Gasteiger partial charge on any atom is 0.237 e. The lowest BCUT2D eigenvalue weighted by Crippen LogP contribution is -2.44. The van der Waals surface area contributed by atoms with Gasteiger partial charge in [-0.3, -0.25) is 0 Å². The van der Waals surface area contributed by atoms with E-state index in [2.05, 4.69) is 17.8 Å². The lowest BCUT2D eigenvalue weighted by Gasteiger charge is -2.50. The van der Waals surface area contributed by atoms with E-state index in [1.54, 1.807) is 0 Å². The van der Waals surface area contributed by atoms with Crippen molar-refractivity contribution in [3.8, 4) is 5.75 Å². The molecule has 2 saturated carbocycles. The summed E-state index contributed by atoms with van der Waals surface area (Å²) in [6.07, 6.45) is 7.57. The molecule has 0 spiro atoms. The molecule has 128 valence electrons. The van der Waals surface area contributed by atoms with Crippen molar-refractivity contribution >= 4 is 0 Å². The Hall–Kier alpha value is -1.53. The molecule has 0 bridgehead atoms. The van der Waals surface area contributed by atoms with Gasteiger partial charge in [-0.15, -0.1) is 0 Å². The molecule has 0 amide bonds. The summed E-state index contributed by atoms with van der Waals surface area (Å²) >= 11 is 0. The van der Waals surface area contributed by atoms with E-state index >= 15 is 0 Å². The highest BCUT2D eigenvalue weighted by Gasteiger charge is 2.55. The van der Waals surface area contributed by atoms with E-state index in [1.807, 2.05) is 12.1 Å². The van der Waals surface area contributed by atoms with Crippen LogP contribution in [-0.2, 0) is 11.2 Å². The summed E-state index contributed by atoms with van der Waals surface area (Å²) in [5.41, 5.74) is 3.14. The van der Waals surface area contributed by atoms with Gasteiger partial charge in [0.1, 0.15) is 12.4 Å². The van der Waals surface area contributed by atoms with E-state index in [1.165, 1.54) is 36.8 Å². The van der Waals surface area contributed by atoms with Gasteiger partial charge in [-0.2, -0.15) is 0 Å². The number of phenolic OH excluding ortho intramolecular Hbond substituents is 1. The normalized spacial score (nSPS) is 37.2. The molecule has 0 aliphatic heterocycles. The molecule has 1 aromatic rings. The third-order valence-electron chi connectivity index (χ3n) is 7.15. The zero-order chi connectivity index (χ0) is 16.7. The van der Waals surface area contributed by atoms with Crippen LogP contribution in [-0.4, -0.2) is 24.4 Å². The van der Waals surface area contributed by atoms with Gasteiger partial charge in [0.05, 0.1) is 6.10 Å². The van der Waals surface area contributed by atoms with Crippen LogP contribution in [0.1, 0.15) is 56.1 Å². The maximum absolute atomic E-state index is 9.78. The predicted molar refractivity (Wildman–Crippen MR) is 93.9 cm³/mol. The molecule has 3 nitrogen and oxygen atoms in total. The van der Waals surface area contributed by atoms with E-state index in [9.17, 15) is 5.11 Å². The van der Waals surface area contributed by atoms with Crippen LogP contribution < -0.4 is 0 Å². The fourth-order valence-corrected chi connectivity index (χ4v) is 6.04. The summed E-state index contributed by atoms with van der Waals surface area (Å²) in [6, 6.07) is 6.01. The van der Waals surface area contributed by atoms with Crippen LogP contribution in [0.15, 0.2) is 18.2 Å². The molecule has 24 heavy (non-hydrogen) atoms. The Morgan fingerprint density at radius 1 is 1.29 bits per heavy atom. The average Bonchev–Trinajstić information content (AvgIpc) is 2.91. The topological polar surface area (TPSA) is 33.8 Å². The quantitative estimate of drug-likeness (QED) is 0.653. The molecular formula is C21H27NO2. The Morgan fingerprint density at radius 2 is 2.17 bits per heavy atom. The van der Waals surface area contributed by atoms with Crippen LogP contribution in [0.25, 0.3) is 4.85 Å². The number of aryl methyl sites for hydroxylation is 1. The SMILES string of the molecule is [C-]#[N+]CCOC1CCC2C3CCc4cc(O)ccc4C3CCC12C. The van der Waals surface area contributed by atoms with E-state index < -0.39 is 0 Å².